The van der Waals surface area contributed by atoms with E-state index < -0.39 is 6.10 Å². The molecule has 1 amide bonds. The zero-order valence-electron chi connectivity index (χ0n) is 12.4. The number of rotatable bonds is 6. The number of ether oxygens (including phenoxy) is 1. The van der Waals surface area contributed by atoms with Gasteiger partial charge in [-0.3, -0.25) is 4.79 Å². The highest BCUT2D eigenvalue weighted by atomic mass is 19.1. The van der Waals surface area contributed by atoms with Crippen molar-refractivity contribution in [2.45, 2.75) is 13.0 Å². The number of benzene rings is 1. The van der Waals surface area contributed by atoms with Crippen molar-refractivity contribution in [3.8, 4) is 5.69 Å². The highest BCUT2D eigenvalue weighted by Crippen LogP contribution is 2.14. The second-order valence-electron chi connectivity index (χ2n) is 4.85. The predicted octanol–water partition coefficient (Wildman–Crippen LogP) is 1.06. The normalized spacial score (nSPS) is 12.2. The maximum absolute atomic E-state index is 12.9. The quantitative estimate of drug-likeness (QED) is 0.836. The van der Waals surface area contributed by atoms with Gasteiger partial charge in [-0.05, 0) is 31.2 Å². The topological polar surface area (TPSA) is 76.4 Å². The van der Waals surface area contributed by atoms with E-state index in [1.54, 1.807) is 23.7 Å². The molecule has 2 aromatic rings. The number of hydrogen-bond donors (Lipinski definition) is 2. The number of aliphatic hydroxyl groups is 1. The first kappa shape index (κ1) is 16.1. The molecule has 0 fully saturated rings. The summed E-state index contributed by atoms with van der Waals surface area (Å²) in [5.41, 5.74) is 1.69. The van der Waals surface area contributed by atoms with Crippen molar-refractivity contribution in [2.75, 3.05) is 20.3 Å². The minimum Gasteiger partial charge on any atom is -0.389 e. The number of hydrogen-bond acceptors (Lipinski definition) is 4. The van der Waals surface area contributed by atoms with E-state index in [1.165, 1.54) is 25.4 Å². The van der Waals surface area contributed by atoms with Crippen LogP contribution in [0.25, 0.3) is 5.69 Å². The predicted molar refractivity (Wildman–Crippen MR) is 78.5 cm³/mol. The SMILES string of the molecule is COCC(O)CNC(=O)c1cnn(-c2ccc(F)cc2)c1C. The summed E-state index contributed by atoms with van der Waals surface area (Å²) in [4.78, 5) is 12.1. The molecule has 1 atom stereocenters. The van der Waals surface area contributed by atoms with Gasteiger partial charge in [0.05, 0.1) is 35.9 Å². The number of amides is 1. The minimum absolute atomic E-state index is 0.0911. The Labute approximate surface area is 127 Å². The van der Waals surface area contributed by atoms with Crippen LogP contribution in [0.15, 0.2) is 30.5 Å². The van der Waals surface area contributed by atoms with Crippen LogP contribution in [0.3, 0.4) is 0 Å². The summed E-state index contributed by atoms with van der Waals surface area (Å²) in [6.45, 7) is 1.98. The molecule has 7 heteroatoms. The van der Waals surface area contributed by atoms with Gasteiger partial charge in [0, 0.05) is 13.7 Å². The van der Waals surface area contributed by atoms with Gasteiger partial charge in [-0.1, -0.05) is 0 Å². The molecule has 2 N–H and O–H groups in total. The Balaban J connectivity index is 2.10. The smallest absolute Gasteiger partial charge is 0.254 e. The molecular weight excluding hydrogens is 289 g/mol. The van der Waals surface area contributed by atoms with Crippen LogP contribution in [0.2, 0.25) is 0 Å². The van der Waals surface area contributed by atoms with Crippen molar-refractivity contribution in [3.63, 3.8) is 0 Å². The Kier molecular flexibility index (Phi) is 5.24. The highest BCUT2D eigenvalue weighted by molar-refractivity contribution is 5.95. The Hall–Kier alpha value is -2.25. The zero-order valence-corrected chi connectivity index (χ0v) is 12.4. The van der Waals surface area contributed by atoms with Crippen LogP contribution in [0.5, 0.6) is 0 Å². The molecule has 22 heavy (non-hydrogen) atoms. The lowest BCUT2D eigenvalue weighted by atomic mass is 10.2. The number of carbonyl (C=O) groups is 1. The number of methoxy groups -OCH3 is 1. The Bertz CT molecular complexity index is 640. The van der Waals surface area contributed by atoms with Gasteiger partial charge in [0.25, 0.3) is 5.91 Å². The molecule has 0 saturated carbocycles. The molecule has 0 radical (unpaired) electrons. The van der Waals surface area contributed by atoms with Crippen LogP contribution in [0, 0.1) is 12.7 Å². The Morgan fingerprint density at radius 1 is 1.45 bits per heavy atom. The lowest BCUT2D eigenvalue weighted by molar-refractivity contribution is 0.0609. The van der Waals surface area contributed by atoms with Crippen LogP contribution in [0.4, 0.5) is 4.39 Å². The fourth-order valence-electron chi connectivity index (χ4n) is 2.03. The molecule has 0 aliphatic heterocycles. The van der Waals surface area contributed by atoms with Crippen molar-refractivity contribution in [1.29, 1.82) is 0 Å². The molecule has 0 aliphatic carbocycles. The van der Waals surface area contributed by atoms with Crippen molar-refractivity contribution in [1.82, 2.24) is 15.1 Å². The third-order valence-corrected chi connectivity index (χ3v) is 3.18. The molecule has 118 valence electrons. The summed E-state index contributed by atoms with van der Waals surface area (Å²) in [6, 6.07) is 5.83. The summed E-state index contributed by atoms with van der Waals surface area (Å²) in [6.07, 6.45) is 0.679. The average Bonchev–Trinajstić information content (AvgIpc) is 2.88. The van der Waals surface area contributed by atoms with Gasteiger partial charge in [-0.2, -0.15) is 5.10 Å². The molecule has 1 unspecified atom stereocenters. The lowest BCUT2D eigenvalue weighted by Crippen LogP contribution is -2.34. The molecule has 0 spiro atoms. The van der Waals surface area contributed by atoms with Crippen LogP contribution >= 0.6 is 0 Å². The number of aliphatic hydroxyl groups excluding tert-OH is 1. The molecule has 1 heterocycles. The first-order valence-corrected chi connectivity index (χ1v) is 6.78. The second kappa shape index (κ2) is 7.15. The van der Waals surface area contributed by atoms with E-state index in [0.29, 0.717) is 16.9 Å². The van der Waals surface area contributed by atoms with Crippen molar-refractivity contribution >= 4 is 5.91 Å². The fraction of sp³-hybridized carbons (Fsp3) is 0.333. The van der Waals surface area contributed by atoms with E-state index in [1.807, 2.05) is 0 Å². The Morgan fingerprint density at radius 3 is 2.77 bits per heavy atom. The largest absolute Gasteiger partial charge is 0.389 e. The van der Waals surface area contributed by atoms with Gasteiger partial charge in [-0.25, -0.2) is 9.07 Å². The number of nitrogens with zero attached hydrogens (tertiary/aromatic N) is 2. The van der Waals surface area contributed by atoms with Crippen molar-refractivity contribution < 1.29 is 19.0 Å². The van der Waals surface area contributed by atoms with Gasteiger partial charge in [0.15, 0.2) is 0 Å². The van der Waals surface area contributed by atoms with E-state index in [4.69, 9.17) is 4.74 Å². The summed E-state index contributed by atoms with van der Waals surface area (Å²) in [5.74, 6) is -0.667. The number of carbonyl (C=O) groups excluding carboxylic acids is 1. The van der Waals surface area contributed by atoms with E-state index in [9.17, 15) is 14.3 Å². The Morgan fingerprint density at radius 2 is 2.14 bits per heavy atom. The minimum atomic E-state index is -0.763. The molecule has 0 saturated heterocycles. The van der Waals surface area contributed by atoms with Crippen LogP contribution < -0.4 is 5.32 Å². The van der Waals surface area contributed by atoms with E-state index in [-0.39, 0.29) is 24.9 Å². The summed E-state index contributed by atoms with van der Waals surface area (Å²) in [7, 11) is 1.47. The van der Waals surface area contributed by atoms with E-state index in [0.717, 1.165) is 0 Å². The van der Waals surface area contributed by atoms with Crippen molar-refractivity contribution in [3.05, 3.63) is 47.5 Å². The maximum atomic E-state index is 12.9. The van der Waals surface area contributed by atoms with Gasteiger partial charge >= 0.3 is 0 Å². The first-order valence-electron chi connectivity index (χ1n) is 6.78. The summed E-state index contributed by atoms with van der Waals surface area (Å²) < 4.78 is 19.3. The summed E-state index contributed by atoms with van der Waals surface area (Å²) >= 11 is 0. The molecule has 2 rings (SSSR count). The first-order chi connectivity index (χ1) is 10.5. The van der Waals surface area contributed by atoms with Gasteiger partial charge in [0.1, 0.15) is 5.82 Å². The van der Waals surface area contributed by atoms with Crippen LogP contribution in [0.1, 0.15) is 16.1 Å². The summed E-state index contributed by atoms with van der Waals surface area (Å²) in [5, 5.41) is 16.3. The average molecular weight is 307 g/mol. The molecule has 0 bridgehead atoms. The second-order valence-corrected chi connectivity index (χ2v) is 4.85. The number of halogens is 1. The van der Waals surface area contributed by atoms with Gasteiger partial charge in [-0.15, -0.1) is 0 Å². The van der Waals surface area contributed by atoms with E-state index >= 15 is 0 Å². The van der Waals surface area contributed by atoms with E-state index in [2.05, 4.69) is 10.4 Å². The van der Waals surface area contributed by atoms with Crippen LogP contribution in [-0.2, 0) is 4.74 Å². The van der Waals surface area contributed by atoms with Gasteiger partial charge in [0.2, 0.25) is 0 Å². The molecule has 1 aromatic heterocycles. The highest BCUT2D eigenvalue weighted by Gasteiger charge is 2.16. The maximum Gasteiger partial charge on any atom is 0.254 e. The third kappa shape index (κ3) is 3.69. The zero-order chi connectivity index (χ0) is 16.1. The number of aromatic nitrogens is 2. The molecule has 6 nitrogen and oxygen atoms in total. The van der Waals surface area contributed by atoms with Gasteiger partial charge < -0.3 is 15.2 Å². The third-order valence-electron chi connectivity index (χ3n) is 3.18. The monoisotopic (exact) mass is 307 g/mol. The standard InChI is InChI=1S/C15H18FN3O3/c1-10-14(15(21)17-7-13(20)9-22-2)8-18-19(10)12-5-3-11(16)4-6-12/h3-6,8,13,20H,7,9H2,1-2H3,(H,17,21). The molecule has 1 aromatic carbocycles. The molecular formula is C15H18FN3O3. The number of nitrogens with one attached hydrogen (secondary N) is 1. The molecule has 0 aliphatic rings. The fourth-order valence-corrected chi connectivity index (χ4v) is 2.03. The van der Waals surface area contributed by atoms with Crippen LogP contribution in [-0.4, -0.2) is 47.2 Å². The lowest BCUT2D eigenvalue weighted by Gasteiger charge is -2.10. The van der Waals surface area contributed by atoms with Crippen molar-refractivity contribution in [2.24, 2.45) is 0 Å².